The number of hydrogen-bond acceptors (Lipinski definition) is 5. The average molecular weight is 254 g/mol. The molecule has 0 spiro atoms. The molecule has 2 heterocycles. The number of piperazine rings is 1. The summed E-state index contributed by atoms with van der Waals surface area (Å²) in [5.74, 6) is 0.344. The maximum atomic E-state index is 12.3. The molecule has 0 unspecified atom stereocenters. The van der Waals surface area contributed by atoms with Gasteiger partial charge in [0, 0.05) is 26.2 Å². The highest BCUT2D eigenvalue weighted by molar-refractivity contribution is 7.08. The highest BCUT2D eigenvalue weighted by Crippen LogP contribution is 2.21. The molecule has 1 aromatic heterocycles. The Hall–Kier alpha value is -1.01. The van der Waals surface area contributed by atoms with Crippen LogP contribution in [0.5, 0.6) is 0 Å². The van der Waals surface area contributed by atoms with E-state index < -0.39 is 0 Å². The number of carbonyl (C=O) groups excluding carboxylic acids is 1. The molecule has 0 aromatic carbocycles. The first-order valence-electron chi connectivity index (χ1n) is 5.89. The quantitative estimate of drug-likeness (QED) is 0.791. The average Bonchev–Trinajstić information content (AvgIpc) is 2.78. The van der Waals surface area contributed by atoms with Crippen LogP contribution in [0, 0.1) is 0 Å². The van der Waals surface area contributed by atoms with Crippen LogP contribution >= 0.6 is 11.5 Å². The van der Waals surface area contributed by atoms with E-state index in [9.17, 15) is 4.79 Å². The van der Waals surface area contributed by atoms with Crippen LogP contribution in [0.3, 0.4) is 0 Å². The summed E-state index contributed by atoms with van der Waals surface area (Å²) in [6, 6.07) is 0. The zero-order valence-corrected chi connectivity index (χ0v) is 11.3. The van der Waals surface area contributed by atoms with Gasteiger partial charge in [0.05, 0.1) is 5.69 Å². The van der Waals surface area contributed by atoms with Crippen LogP contribution in [-0.2, 0) is 0 Å². The summed E-state index contributed by atoms with van der Waals surface area (Å²) in [6.45, 7) is 7.55. The van der Waals surface area contributed by atoms with E-state index in [1.165, 1.54) is 11.5 Å². The number of nitrogens with zero attached hydrogens (tertiary/aromatic N) is 4. The van der Waals surface area contributed by atoms with Gasteiger partial charge in [0.2, 0.25) is 0 Å². The second-order valence-corrected chi connectivity index (χ2v) is 5.49. The molecule has 1 saturated heterocycles. The van der Waals surface area contributed by atoms with Gasteiger partial charge in [-0.3, -0.25) is 4.79 Å². The fourth-order valence-corrected chi connectivity index (χ4v) is 2.66. The van der Waals surface area contributed by atoms with Gasteiger partial charge >= 0.3 is 0 Å². The van der Waals surface area contributed by atoms with Crippen LogP contribution in [0.1, 0.15) is 35.1 Å². The third kappa shape index (κ3) is 2.63. The van der Waals surface area contributed by atoms with Crippen LogP contribution in [0.25, 0.3) is 0 Å². The molecule has 17 heavy (non-hydrogen) atoms. The van der Waals surface area contributed by atoms with Crippen molar-refractivity contribution in [2.24, 2.45) is 0 Å². The molecule has 6 heteroatoms. The summed E-state index contributed by atoms with van der Waals surface area (Å²) < 4.78 is 3.91. The third-order valence-electron chi connectivity index (χ3n) is 3.04. The van der Waals surface area contributed by atoms with Crippen molar-refractivity contribution in [3.8, 4) is 0 Å². The van der Waals surface area contributed by atoms with Crippen molar-refractivity contribution in [2.45, 2.75) is 19.8 Å². The number of carbonyl (C=O) groups is 1. The van der Waals surface area contributed by atoms with Crippen molar-refractivity contribution in [3.63, 3.8) is 0 Å². The lowest BCUT2D eigenvalue weighted by atomic mass is 10.1. The number of hydrogen-bond donors (Lipinski definition) is 0. The largest absolute Gasteiger partial charge is 0.335 e. The summed E-state index contributed by atoms with van der Waals surface area (Å²) in [6.07, 6.45) is 0. The van der Waals surface area contributed by atoms with Crippen LogP contribution in [0.15, 0.2) is 0 Å². The highest BCUT2D eigenvalue weighted by atomic mass is 32.1. The third-order valence-corrected chi connectivity index (χ3v) is 3.77. The first-order chi connectivity index (χ1) is 8.09. The zero-order chi connectivity index (χ0) is 12.4. The maximum absolute atomic E-state index is 12.3. The molecule has 5 nitrogen and oxygen atoms in total. The Morgan fingerprint density at radius 2 is 1.94 bits per heavy atom. The van der Waals surface area contributed by atoms with Gasteiger partial charge in [-0.1, -0.05) is 18.3 Å². The van der Waals surface area contributed by atoms with Crippen LogP contribution in [0.2, 0.25) is 0 Å². The molecule has 0 bridgehead atoms. The van der Waals surface area contributed by atoms with Crippen molar-refractivity contribution in [1.29, 1.82) is 0 Å². The summed E-state index contributed by atoms with van der Waals surface area (Å²) in [7, 11) is 2.08. The number of rotatable bonds is 2. The summed E-state index contributed by atoms with van der Waals surface area (Å²) in [5.41, 5.74) is 0.832. The molecule has 1 fully saturated rings. The number of amides is 1. The van der Waals surface area contributed by atoms with E-state index in [-0.39, 0.29) is 11.8 Å². The van der Waals surface area contributed by atoms with Gasteiger partial charge < -0.3 is 9.80 Å². The Morgan fingerprint density at radius 3 is 2.53 bits per heavy atom. The minimum Gasteiger partial charge on any atom is -0.335 e. The smallest absolute Gasteiger partial charge is 0.267 e. The normalized spacial score (nSPS) is 17.8. The minimum absolute atomic E-state index is 0.0943. The Kier molecular flexibility index (Phi) is 3.73. The topological polar surface area (TPSA) is 49.3 Å². The van der Waals surface area contributed by atoms with Gasteiger partial charge in [-0.15, -0.1) is 5.10 Å². The molecule has 0 saturated carbocycles. The van der Waals surface area contributed by atoms with Gasteiger partial charge in [-0.05, 0) is 24.5 Å². The maximum Gasteiger partial charge on any atom is 0.267 e. The van der Waals surface area contributed by atoms with Crippen molar-refractivity contribution < 1.29 is 4.79 Å². The summed E-state index contributed by atoms with van der Waals surface area (Å²) in [5, 5.41) is 4.06. The molecule has 0 atom stereocenters. The van der Waals surface area contributed by atoms with Crippen LogP contribution in [-0.4, -0.2) is 58.5 Å². The minimum atomic E-state index is 0.0943. The SMILES string of the molecule is CC(C)c1nnsc1C(=O)N1CCN(C)CC1. The molecular formula is C11H18N4OS. The van der Waals surface area contributed by atoms with E-state index in [0.29, 0.717) is 4.88 Å². The van der Waals surface area contributed by atoms with E-state index in [1.807, 2.05) is 18.7 Å². The van der Waals surface area contributed by atoms with Crippen LogP contribution < -0.4 is 0 Å². The standard InChI is InChI=1S/C11H18N4OS/c1-8(2)9-10(17-13-12-9)11(16)15-6-4-14(3)5-7-15/h8H,4-7H2,1-3H3. The molecule has 94 valence electrons. The molecule has 1 aromatic rings. The number of aromatic nitrogens is 2. The molecule has 2 rings (SSSR count). The van der Waals surface area contributed by atoms with Crippen molar-refractivity contribution in [1.82, 2.24) is 19.4 Å². The Morgan fingerprint density at radius 1 is 1.29 bits per heavy atom. The van der Waals surface area contributed by atoms with Gasteiger partial charge in [0.1, 0.15) is 4.88 Å². The molecule has 0 N–H and O–H groups in total. The van der Waals surface area contributed by atoms with Gasteiger partial charge in [0.15, 0.2) is 0 Å². The predicted molar refractivity (Wildman–Crippen MR) is 67.4 cm³/mol. The van der Waals surface area contributed by atoms with Gasteiger partial charge in [0.25, 0.3) is 5.91 Å². The van der Waals surface area contributed by atoms with Crippen LogP contribution in [0.4, 0.5) is 0 Å². The number of likely N-dealkylation sites (N-methyl/N-ethyl adjacent to an activating group) is 1. The summed E-state index contributed by atoms with van der Waals surface area (Å²) >= 11 is 1.21. The first kappa shape index (κ1) is 12.4. The van der Waals surface area contributed by atoms with Crippen molar-refractivity contribution in [2.75, 3.05) is 33.2 Å². The molecule has 1 amide bonds. The second kappa shape index (κ2) is 5.10. The van der Waals surface area contributed by atoms with Crippen molar-refractivity contribution in [3.05, 3.63) is 10.6 Å². The lowest BCUT2D eigenvalue weighted by Crippen LogP contribution is -2.47. The molecule has 0 aliphatic carbocycles. The molecule has 0 radical (unpaired) electrons. The zero-order valence-electron chi connectivity index (χ0n) is 10.5. The van der Waals surface area contributed by atoms with E-state index in [0.717, 1.165) is 31.9 Å². The van der Waals surface area contributed by atoms with E-state index >= 15 is 0 Å². The molecule has 1 aliphatic heterocycles. The monoisotopic (exact) mass is 254 g/mol. The predicted octanol–water partition coefficient (Wildman–Crippen LogP) is 1.05. The fraction of sp³-hybridized carbons (Fsp3) is 0.727. The second-order valence-electron chi connectivity index (χ2n) is 4.74. The Bertz CT molecular complexity index is 396. The molecular weight excluding hydrogens is 236 g/mol. The summed E-state index contributed by atoms with van der Waals surface area (Å²) in [4.78, 5) is 17.2. The first-order valence-corrected chi connectivity index (χ1v) is 6.67. The Labute approximate surface area is 106 Å². The van der Waals surface area contributed by atoms with E-state index in [4.69, 9.17) is 0 Å². The highest BCUT2D eigenvalue weighted by Gasteiger charge is 2.25. The lowest BCUT2D eigenvalue weighted by molar-refractivity contribution is 0.0667. The lowest BCUT2D eigenvalue weighted by Gasteiger charge is -2.32. The molecule has 1 aliphatic rings. The van der Waals surface area contributed by atoms with Crippen molar-refractivity contribution >= 4 is 17.4 Å². The fourth-order valence-electron chi connectivity index (χ4n) is 1.88. The van der Waals surface area contributed by atoms with Gasteiger partial charge in [-0.2, -0.15) is 0 Å². The Balaban J connectivity index is 2.11. The van der Waals surface area contributed by atoms with E-state index in [2.05, 4.69) is 21.5 Å². The van der Waals surface area contributed by atoms with Gasteiger partial charge in [-0.25, -0.2) is 0 Å². The van der Waals surface area contributed by atoms with E-state index in [1.54, 1.807) is 0 Å².